The number of ether oxygens (including phenoxy) is 4. The van der Waals surface area contributed by atoms with E-state index in [4.69, 9.17) is 38.9 Å². The van der Waals surface area contributed by atoms with Crippen LogP contribution in [-0.4, -0.2) is 48.4 Å². The molecule has 11 aromatic rings. The minimum atomic E-state index is 0.637. The van der Waals surface area contributed by atoms with Crippen LogP contribution in [0.1, 0.15) is 22.3 Å². The van der Waals surface area contributed by atoms with Gasteiger partial charge in [0, 0.05) is 43.8 Å². The first kappa shape index (κ1) is 45.1. The number of benzene rings is 9. The predicted octanol–water partition coefficient (Wildman–Crippen LogP) is 12.8. The van der Waals surface area contributed by atoms with Gasteiger partial charge in [-0.05, 0) is 70.8 Å². The molecular weight excluding hydrogens is 889 g/mol. The molecule has 0 saturated heterocycles. The maximum atomic E-state index is 5.93. The van der Waals surface area contributed by atoms with Crippen LogP contribution in [0.25, 0.3) is 78.2 Å². The van der Waals surface area contributed by atoms with Crippen LogP contribution in [-0.2, 0) is 0 Å². The molecule has 0 saturated carbocycles. The molecule has 8 nitrogen and oxygen atoms in total. The summed E-state index contributed by atoms with van der Waals surface area (Å²) >= 11 is 0. The van der Waals surface area contributed by atoms with E-state index in [1.54, 1.807) is 28.4 Å². The summed E-state index contributed by atoms with van der Waals surface area (Å²) in [5, 5.41) is 1.52. The van der Waals surface area contributed by atoms with Gasteiger partial charge in [0.2, 0.25) is 0 Å². The third-order valence-corrected chi connectivity index (χ3v) is 12.9. The molecule has 72 heavy (non-hydrogen) atoms. The van der Waals surface area contributed by atoms with Crippen LogP contribution in [0.2, 0.25) is 0 Å². The molecule has 0 unspecified atom stereocenters. The Hall–Kier alpha value is -9.40. The van der Waals surface area contributed by atoms with Crippen LogP contribution in [0.3, 0.4) is 0 Å². The van der Waals surface area contributed by atoms with Gasteiger partial charge in [-0.2, -0.15) is 0 Å². The second-order valence-electron chi connectivity index (χ2n) is 17.1. The van der Waals surface area contributed by atoms with Crippen molar-refractivity contribution in [1.82, 2.24) is 19.9 Å². The molecular formula is C64H48N4O4. The molecule has 0 fully saturated rings. The van der Waals surface area contributed by atoms with Crippen LogP contribution < -0.4 is 29.4 Å². The zero-order valence-electron chi connectivity index (χ0n) is 40.2. The highest BCUT2D eigenvalue weighted by molar-refractivity contribution is 6.05. The van der Waals surface area contributed by atoms with Crippen LogP contribution in [0.4, 0.5) is 0 Å². The summed E-state index contributed by atoms with van der Waals surface area (Å²) in [6.07, 6.45) is 0. The van der Waals surface area contributed by atoms with Gasteiger partial charge in [-0.15, -0.1) is 0 Å². The number of hydrogen-bond acceptors (Lipinski definition) is 8. The smallest absolute Gasteiger partial charge is 0.118 e. The van der Waals surface area contributed by atoms with Crippen LogP contribution in [0, 0.1) is 0 Å². The van der Waals surface area contributed by atoms with Gasteiger partial charge in [0.25, 0.3) is 0 Å². The maximum absolute atomic E-state index is 5.93. The number of fused-ring (bicyclic) bond motifs is 2. The minimum absolute atomic E-state index is 0.637. The molecule has 11 rings (SSSR count). The third kappa shape index (κ3) is 8.56. The van der Waals surface area contributed by atoms with E-state index in [9.17, 15) is 0 Å². The lowest BCUT2D eigenvalue weighted by Crippen LogP contribution is -2.25. The van der Waals surface area contributed by atoms with Gasteiger partial charge in [-0.25, -0.2) is 19.9 Å². The van der Waals surface area contributed by atoms with Crippen LogP contribution in [0.5, 0.6) is 23.0 Å². The van der Waals surface area contributed by atoms with Gasteiger partial charge < -0.3 is 18.9 Å². The third-order valence-electron chi connectivity index (χ3n) is 12.9. The molecule has 0 spiro atoms. The number of aromatic nitrogens is 4. The Balaban J connectivity index is 1.50. The van der Waals surface area contributed by atoms with E-state index in [1.165, 1.54) is 0 Å². The average molecular weight is 937 g/mol. The lowest BCUT2D eigenvalue weighted by Gasteiger charge is -2.19. The van der Waals surface area contributed by atoms with E-state index < -0.39 is 0 Å². The Morgan fingerprint density at radius 2 is 0.444 bits per heavy atom. The van der Waals surface area contributed by atoms with E-state index in [2.05, 4.69) is 97.1 Å². The lowest BCUT2D eigenvalue weighted by molar-refractivity contribution is 0.414. The van der Waals surface area contributed by atoms with E-state index in [1.807, 2.05) is 121 Å². The molecule has 2 aromatic heterocycles. The minimum Gasteiger partial charge on any atom is -0.497 e. The SMILES string of the molecule is COc1ccc(C(c2ccc(OC)cc2)=c2c3nc(-c4ccccc4)c(-c4ccccc4)nc3c(=C(c3ccc(OC)cc3)c3ccc(OC)cc3)c3nc(-c4ccccc4)c(-c4ccccc4)nc23)cc1. The molecule has 0 N–H and O–H groups in total. The zero-order valence-corrected chi connectivity index (χ0v) is 40.2. The van der Waals surface area contributed by atoms with Crippen molar-refractivity contribution < 1.29 is 18.9 Å². The summed E-state index contributed by atoms with van der Waals surface area (Å²) in [5.41, 5.74) is 14.5. The van der Waals surface area contributed by atoms with Crippen molar-refractivity contribution in [3.8, 4) is 68.0 Å². The highest BCUT2D eigenvalue weighted by Crippen LogP contribution is 2.36. The Morgan fingerprint density at radius 3 is 0.625 bits per heavy atom. The summed E-state index contributed by atoms with van der Waals surface area (Å²) in [6, 6.07) is 73.7. The second kappa shape index (κ2) is 19.9. The van der Waals surface area contributed by atoms with E-state index in [0.717, 1.165) is 112 Å². The highest BCUT2D eigenvalue weighted by Gasteiger charge is 2.26. The second-order valence-corrected chi connectivity index (χ2v) is 17.1. The van der Waals surface area contributed by atoms with Crippen molar-refractivity contribution in [2.45, 2.75) is 0 Å². The van der Waals surface area contributed by atoms with E-state index >= 15 is 0 Å². The Labute approximate surface area is 417 Å². The molecule has 0 amide bonds. The molecule has 0 radical (unpaired) electrons. The fraction of sp³-hybridized carbons (Fsp3) is 0.0625. The van der Waals surface area contributed by atoms with Crippen LogP contribution >= 0.6 is 0 Å². The Kier molecular flexibility index (Phi) is 12.5. The van der Waals surface area contributed by atoms with Gasteiger partial charge in [0.05, 0.1) is 51.2 Å². The predicted molar refractivity (Wildman–Crippen MR) is 289 cm³/mol. The van der Waals surface area contributed by atoms with Gasteiger partial charge >= 0.3 is 0 Å². The fourth-order valence-corrected chi connectivity index (χ4v) is 9.40. The van der Waals surface area contributed by atoms with Crippen LogP contribution in [0.15, 0.2) is 218 Å². The molecule has 9 aromatic carbocycles. The Bertz CT molecular complexity index is 3330. The van der Waals surface area contributed by atoms with E-state index in [-0.39, 0.29) is 0 Å². The summed E-state index contributed by atoms with van der Waals surface area (Å²) in [4.78, 5) is 23.7. The molecule has 0 atom stereocenters. The first-order valence-electron chi connectivity index (χ1n) is 23.7. The Morgan fingerprint density at radius 1 is 0.250 bits per heavy atom. The summed E-state index contributed by atoms with van der Waals surface area (Å²) < 4.78 is 22.9. The summed E-state index contributed by atoms with van der Waals surface area (Å²) in [6.45, 7) is 0. The maximum Gasteiger partial charge on any atom is 0.118 e. The monoisotopic (exact) mass is 936 g/mol. The highest BCUT2D eigenvalue weighted by atomic mass is 16.5. The number of methoxy groups -OCH3 is 4. The number of rotatable bonds is 12. The van der Waals surface area contributed by atoms with Crippen molar-refractivity contribution >= 4 is 33.2 Å². The summed E-state index contributed by atoms with van der Waals surface area (Å²) in [7, 11) is 6.72. The lowest BCUT2D eigenvalue weighted by atomic mass is 9.90. The van der Waals surface area contributed by atoms with Crippen molar-refractivity contribution in [3.05, 3.63) is 251 Å². The van der Waals surface area contributed by atoms with Crippen molar-refractivity contribution in [2.24, 2.45) is 0 Å². The molecule has 0 aliphatic rings. The molecule has 0 aliphatic heterocycles. The standard InChI is InChI=1S/C64H48N4O4/c1-69-49-33-25-41(26-34-49)53(42-27-35-50(70-2)36-28-42)55-61-63(67-59(47-21-13-7-14-22-47)57(65-61)45-17-9-5-10-18-45)56(54(43-29-37-51(71-3)38-30-43)44-31-39-52(72-4)40-32-44)64-62(55)66-58(46-19-11-6-12-20-46)60(68-64)48-23-15-8-16-24-48/h5-40H,1-4H3. The molecule has 2 heterocycles. The first-order chi connectivity index (χ1) is 35.5. The van der Waals surface area contributed by atoms with Crippen molar-refractivity contribution in [2.75, 3.05) is 28.4 Å². The van der Waals surface area contributed by atoms with Gasteiger partial charge in [-0.3, -0.25) is 0 Å². The van der Waals surface area contributed by atoms with Crippen molar-refractivity contribution in [3.63, 3.8) is 0 Å². The number of nitrogens with zero attached hydrogens (tertiary/aromatic N) is 4. The van der Waals surface area contributed by atoms with Gasteiger partial charge in [0.1, 0.15) is 45.1 Å². The first-order valence-corrected chi connectivity index (χ1v) is 23.7. The van der Waals surface area contributed by atoms with E-state index in [0.29, 0.717) is 22.1 Å². The molecule has 0 aliphatic carbocycles. The fourth-order valence-electron chi connectivity index (χ4n) is 9.40. The topological polar surface area (TPSA) is 88.5 Å². The summed E-state index contributed by atoms with van der Waals surface area (Å²) in [5.74, 6) is 2.92. The quantitative estimate of drug-likeness (QED) is 0.112. The largest absolute Gasteiger partial charge is 0.497 e. The van der Waals surface area contributed by atoms with Gasteiger partial charge in [0.15, 0.2) is 0 Å². The normalized spacial score (nSPS) is 11.1. The van der Waals surface area contributed by atoms with Crippen molar-refractivity contribution in [1.29, 1.82) is 0 Å². The average Bonchev–Trinajstić information content (AvgIpc) is 3.46. The number of hydrogen-bond donors (Lipinski definition) is 0. The zero-order chi connectivity index (χ0) is 49.0. The molecule has 348 valence electrons. The molecule has 8 heteroatoms. The molecule has 0 bridgehead atoms. The van der Waals surface area contributed by atoms with Gasteiger partial charge in [-0.1, -0.05) is 170 Å².